The molecule has 0 radical (unpaired) electrons. The van der Waals surface area contributed by atoms with Gasteiger partial charge in [-0.05, 0) is 12.8 Å². The Kier molecular flexibility index (Phi) is 5.43. The Bertz CT molecular complexity index is 807. The fourth-order valence-electron chi connectivity index (χ4n) is 2.92. The van der Waals surface area contributed by atoms with E-state index in [9.17, 15) is 22.8 Å². The largest absolute Gasteiger partial charge is 0.471 e. The monoisotopic (exact) mass is 382 g/mol. The minimum absolute atomic E-state index is 0.0828. The van der Waals surface area contributed by atoms with Gasteiger partial charge in [-0.2, -0.15) is 18.2 Å². The lowest BCUT2D eigenvalue weighted by atomic mass is 10.2. The second kappa shape index (κ2) is 7.77. The van der Waals surface area contributed by atoms with Gasteiger partial charge in [-0.25, -0.2) is 0 Å². The van der Waals surface area contributed by atoms with Crippen LogP contribution in [0, 0.1) is 0 Å². The van der Waals surface area contributed by atoms with E-state index >= 15 is 0 Å². The van der Waals surface area contributed by atoms with Gasteiger partial charge >= 0.3 is 12.1 Å². The highest BCUT2D eigenvalue weighted by atomic mass is 19.4. The van der Waals surface area contributed by atoms with Crippen molar-refractivity contribution in [1.29, 1.82) is 0 Å². The number of carbonyl (C=O) groups excluding carboxylic acids is 2. The van der Waals surface area contributed by atoms with Crippen molar-refractivity contribution < 1.29 is 27.3 Å². The van der Waals surface area contributed by atoms with Crippen molar-refractivity contribution in [2.45, 2.75) is 31.5 Å². The maximum atomic E-state index is 12.6. The Morgan fingerprint density at radius 1 is 1.26 bits per heavy atom. The van der Waals surface area contributed by atoms with E-state index in [-0.39, 0.29) is 25.9 Å². The summed E-state index contributed by atoms with van der Waals surface area (Å²) in [6, 6.07) is 8.06. The Balaban J connectivity index is 1.52. The van der Waals surface area contributed by atoms with Gasteiger partial charge < -0.3 is 14.7 Å². The SMILES string of the molecule is O=C(NCCc1nc(-c2ccccc2)no1)C1CCCN1C(=O)C(F)(F)F. The van der Waals surface area contributed by atoms with Crippen LogP contribution < -0.4 is 5.32 Å². The number of amides is 2. The van der Waals surface area contributed by atoms with Gasteiger partial charge in [-0.3, -0.25) is 9.59 Å². The quantitative estimate of drug-likeness (QED) is 0.854. The molecule has 0 saturated carbocycles. The van der Waals surface area contributed by atoms with Crippen LogP contribution in [0.4, 0.5) is 13.2 Å². The molecule has 144 valence electrons. The highest BCUT2D eigenvalue weighted by Gasteiger charge is 2.47. The molecule has 2 amide bonds. The number of nitrogens with one attached hydrogen (secondary N) is 1. The maximum Gasteiger partial charge on any atom is 0.471 e. The number of aromatic nitrogens is 2. The molecule has 1 fully saturated rings. The molecule has 1 atom stereocenters. The number of hydrogen-bond donors (Lipinski definition) is 1. The number of rotatable bonds is 5. The molecule has 2 heterocycles. The van der Waals surface area contributed by atoms with Gasteiger partial charge in [0.2, 0.25) is 17.6 Å². The Morgan fingerprint density at radius 3 is 2.70 bits per heavy atom. The number of likely N-dealkylation sites (tertiary alicyclic amines) is 1. The second-order valence-corrected chi connectivity index (χ2v) is 6.07. The molecule has 10 heteroatoms. The van der Waals surface area contributed by atoms with E-state index in [1.54, 1.807) is 0 Å². The van der Waals surface area contributed by atoms with E-state index < -0.39 is 24.0 Å². The zero-order chi connectivity index (χ0) is 19.4. The van der Waals surface area contributed by atoms with Gasteiger partial charge in [0, 0.05) is 25.1 Å². The molecule has 1 aliphatic heterocycles. The molecule has 1 unspecified atom stereocenters. The van der Waals surface area contributed by atoms with E-state index in [0.29, 0.717) is 23.0 Å². The first-order valence-electron chi connectivity index (χ1n) is 8.40. The van der Waals surface area contributed by atoms with Crippen molar-refractivity contribution in [1.82, 2.24) is 20.4 Å². The summed E-state index contributed by atoms with van der Waals surface area (Å²) in [5.41, 5.74) is 0.781. The number of nitrogens with zero attached hydrogens (tertiary/aromatic N) is 3. The smallest absolute Gasteiger partial charge is 0.354 e. The summed E-state index contributed by atoms with van der Waals surface area (Å²) in [4.78, 5) is 28.4. The summed E-state index contributed by atoms with van der Waals surface area (Å²) in [7, 11) is 0. The van der Waals surface area contributed by atoms with Crippen LogP contribution >= 0.6 is 0 Å². The van der Waals surface area contributed by atoms with E-state index in [1.807, 2.05) is 30.3 Å². The van der Waals surface area contributed by atoms with E-state index in [4.69, 9.17) is 4.52 Å². The third-order valence-electron chi connectivity index (χ3n) is 4.20. The molecule has 0 aliphatic carbocycles. The number of hydrogen-bond acceptors (Lipinski definition) is 5. The van der Waals surface area contributed by atoms with Crippen molar-refractivity contribution >= 4 is 11.8 Å². The minimum Gasteiger partial charge on any atom is -0.354 e. The number of alkyl halides is 3. The summed E-state index contributed by atoms with van der Waals surface area (Å²) in [5.74, 6) is -1.89. The Morgan fingerprint density at radius 2 is 2.00 bits per heavy atom. The molecule has 1 aromatic carbocycles. The zero-order valence-corrected chi connectivity index (χ0v) is 14.2. The highest BCUT2D eigenvalue weighted by molar-refractivity contribution is 5.90. The van der Waals surface area contributed by atoms with Gasteiger partial charge in [0.1, 0.15) is 6.04 Å². The van der Waals surface area contributed by atoms with Crippen molar-refractivity contribution in [3.63, 3.8) is 0 Å². The predicted molar refractivity (Wildman–Crippen MR) is 87.2 cm³/mol. The lowest BCUT2D eigenvalue weighted by Crippen LogP contribution is -2.50. The van der Waals surface area contributed by atoms with Gasteiger partial charge in [-0.1, -0.05) is 35.5 Å². The number of benzene rings is 1. The molecular weight excluding hydrogens is 365 g/mol. The maximum absolute atomic E-state index is 12.6. The van der Waals surface area contributed by atoms with Gasteiger partial charge in [-0.15, -0.1) is 0 Å². The molecular formula is C17H17F3N4O3. The first-order valence-corrected chi connectivity index (χ1v) is 8.40. The molecule has 1 N–H and O–H groups in total. The van der Waals surface area contributed by atoms with Crippen LogP contribution in [0.5, 0.6) is 0 Å². The van der Waals surface area contributed by atoms with Gasteiger partial charge in [0.15, 0.2) is 0 Å². The van der Waals surface area contributed by atoms with E-state index in [0.717, 1.165) is 5.56 Å². The Labute approximate surface area is 152 Å². The number of carbonyl (C=O) groups is 2. The fourth-order valence-corrected chi connectivity index (χ4v) is 2.92. The van der Waals surface area contributed by atoms with Crippen molar-refractivity contribution in [2.24, 2.45) is 0 Å². The van der Waals surface area contributed by atoms with Crippen LogP contribution in [0.25, 0.3) is 11.4 Å². The van der Waals surface area contributed by atoms with Crippen molar-refractivity contribution in [3.05, 3.63) is 36.2 Å². The van der Waals surface area contributed by atoms with Gasteiger partial charge in [0.25, 0.3) is 0 Å². The average Bonchev–Trinajstić information content (AvgIpc) is 3.30. The second-order valence-electron chi connectivity index (χ2n) is 6.07. The normalized spacial score (nSPS) is 17.1. The first kappa shape index (κ1) is 18.9. The molecule has 27 heavy (non-hydrogen) atoms. The highest BCUT2D eigenvalue weighted by Crippen LogP contribution is 2.25. The van der Waals surface area contributed by atoms with Crippen LogP contribution in [-0.4, -0.2) is 52.2 Å². The lowest BCUT2D eigenvalue weighted by molar-refractivity contribution is -0.186. The Hall–Kier alpha value is -2.91. The fraction of sp³-hybridized carbons (Fsp3) is 0.412. The van der Waals surface area contributed by atoms with Crippen LogP contribution in [0.1, 0.15) is 18.7 Å². The average molecular weight is 382 g/mol. The summed E-state index contributed by atoms with van der Waals surface area (Å²) < 4.78 is 42.9. The topological polar surface area (TPSA) is 88.3 Å². The summed E-state index contributed by atoms with van der Waals surface area (Å²) in [6.45, 7) is 0.0281. The molecule has 2 aromatic rings. The predicted octanol–water partition coefficient (Wildman–Crippen LogP) is 1.95. The summed E-state index contributed by atoms with van der Waals surface area (Å²) >= 11 is 0. The van der Waals surface area contributed by atoms with Gasteiger partial charge in [0.05, 0.1) is 0 Å². The molecule has 3 rings (SSSR count). The van der Waals surface area contributed by atoms with Crippen LogP contribution in [-0.2, 0) is 16.0 Å². The van der Waals surface area contributed by atoms with Crippen LogP contribution in [0.15, 0.2) is 34.9 Å². The van der Waals surface area contributed by atoms with Crippen molar-refractivity contribution in [2.75, 3.05) is 13.1 Å². The molecule has 0 bridgehead atoms. The summed E-state index contributed by atoms with van der Waals surface area (Å²) in [6.07, 6.45) is -4.21. The molecule has 0 spiro atoms. The molecule has 1 aliphatic rings. The van der Waals surface area contributed by atoms with Crippen LogP contribution in [0.2, 0.25) is 0 Å². The summed E-state index contributed by atoms with van der Waals surface area (Å²) in [5, 5.41) is 6.38. The minimum atomic E-state index is -4.99. The molecule has 1 saturated heterocycles. The third-order valence-corrected chi connectivity index (χ3v) is 4.20. The van der Waals surface area contributed by atoms with Crippen molar-refractivity contribution in [3.8, 4) is 11.4 Å². The zero-order valence-electron chi connectivity index (χ0n) is 14.2. The molecule has 7 nitrogen and oxygen atoms in total. The lowest BCUT2D eigenvalue weighted by Gasteiger charge is -2.24. The standard InChI is InChI=1S/C17H17F3N4O3/c18-17(19,20)16(26)24-10-4-7-12(24)15(25)21-9-8-13-22-14(23-27-13)11-5-2-1-3-6-11/h1-3,5-6,12H,4,7-10H2,(H,21,25). The van der Waals surface area contributed by atoms with E-state index in [2.05, 4.69) is 15.5 Å². The molecule has 1 aromatic heterocycles. The van der Waals surface area contributed by atoms with E-state index in [1.165, 1.54) is 0 Å². The number of halogens is 3. The van der Waals surface area contributed by atoms with Crippen LogP contribution in [0.3, 0.4) is 0 Å². The third kappa shape index (κ3) is 4.44. The first-order chi connectivity index (χ1) is 12.9.